The maximum absolute atomic E-state index is 12.5. The van der Waals surface area contributed by atoms with Crippen LogP contribution in [0.1, 0.15) is 5.56 Å². The van der Waals surface area contributed by atoms with E-state index < -0.39 is 53.1 Å². The summed E-state index contributed by atoms with van der Waals surface area (Å²) in [6.07, 6.45) is -4.33. The molecule has 0 saturated carbocycles. The molecule has 0 spiro atoms. The van der Waals surface area contributed by atoms with E-state index in [9.17, 15) is 35.1 Å². The number of aromatic hydroxyl groups is 1. The predicted molar refractivity (Wildman–Crippen MR) is 92.9 cm³/mol. The SMILES string of the molecule is CS(=O)(=O)c1cc(CS(=O)(=O)c2cc(Br)ccc2O)cc(OC(F)(F)F)c1. The molecule has 0 aromatic heterocycles. The molecular weight excluding hydrogens is 477 g/mol. The van der Waals surface area contributed by atoms with E-state index in [1.807, 2.05) is 0 Å². The van der Waals surface area contributed by atoms with Gasteiger partial charge in [0.2, 0.25) is 0 Å². The van der Waals surface area contributed by atoms with Crippen LogP contribution >= 0.6 is 15.9 Å². The van der Waals surface area contributed by atoms with Crippen LogP contribution in [0.25, 0.3) is 0 Å². The van der Waals surface area contributed by atoms with Crippen LogP contribution in [0.2, 0.25) is 0 Å². The minimum atomic E-state index is -5.09. The van der Waals surface area contributed by atoms with E-state index >= 15 is 0 Å². The average molecular weight is 489 g/mol. The minimum absolute atomic E-state index is 0.253. The fraction of sp³-hybridized carbons (Fsp3) is 0.200. The van der Waals surface area contributed by atoms with E-state index in [0.717, 1.165) is 30.5 Å². The molecule has 0 aliphatic heterocycles. The third-order valence-corrected chi connectivity index (χ3v) is 6.51. The number of halogens is 4. The lowest BCUT2D eigenvalue weighted by atomic mass is 10.2. The number of phenolic OH excluding ortho intramolecular Hbond substituents is 1. The zero-order valence-corrected chi connectivity index (χ0v) is 16.7. The van der Waals surface area contributed by atoms with Gasteiger partial charge in [-0.15, -0.1) is 13.2 Å². The molecule has 148 valence electrons. The van der Waals surface area contributed by atoms with Gasteiger partial charge in [0, 0.05) is 10.7 Å². The smallest absolute Gasteiger partial charge is 0.507 e. The topological polar surface area (TPSA) is 97.7 Å². The van der Waals surface area contributed by atoms with Crippen molar-refractivity contribution >= 4 is 35.6 Å². The molecule has 0 amide bonds. The van der Waals surface area contributed by atoms with Crippen molar-refractivity contribution in [3.8, 4) is 11.5 Å². The van der Waals surface area contributed by atoms with Gasteiger partial charge in [-0.05, 0) is 42.0 Å². The fourth-order valence-electron chi connectivity index (χ4n) is 2.15. The van der Waals surface area contributed by atoms with Crippen LogP contribution in [-0.4, -0.2) is 34.6 Å². The standard InChI is InChI=1S/C15H12BrF3O6S2/c1-26(21,22)12-5-9(4-11(7-12)25-15(17,18)19)8-27(23,24)14-6-10(16)2-3-13(14)20/h2-7,20H,8H2,1H3. The van der Waals surface area contributed by atoms with Gasteiger partial charge in [0.1, 0.15) is 16.4 Å². The van der Waals surface area contributed by atoms with Gasteiger partial charge < -0.3 is 9.84 Å². The van der Waals surface area contributed by atoms with Gasteiger partial charge in [-0.2, -0.15) is 0 Å². The molecule has 2 aromatic carbocycles. The highest BCUT2D eigenvalue weighted by atomic mass is 79.9. The summed E-state index contributed by atoms with van der Waals surface area (Å²) >= 11 is 3.06. The van der Waals surface area contributed by atoms with Crippen molar-refractivity contribution in [3.63, 3.8) is 0 Å². The Morgan fingerprint density at radius 1 is 1.07 bits per heavy atom. The van der Waals surface area contributed by atoms with Crippen molar-refractivity contribution in [2.24, 2.45) is 0 Å². The summed E-state index contributed by atoms with van der Waals surface area (Å²) in [7, 11) is -8.14. The fourth-order valence-corrected chi connectivity index (χ4v) is 4.82. The Morgan fingerprint density at radius 2 is 1.70 bits per heavy atom. The Hall–Kier alpha value is -1.79. The number of ether oxygens (including phenoxy) is 1. The maximum Gasteiger partial charge on any atom is 0.573 e. The number of hydrogen-bond acceptors (Lipinski definition) is 6. The zero-order valence-electron chi connectivity index (χ0n) is 13.5. The average Bonchev–Trinajstić information content (AvgIpc) is 2.46. The van der Waals surface area contributed by atoms with Crippen molar-refractivity contribution in [2.75, 3.05) is 6.26 Å². The first-order chi connectivity index (χ1) is 12.2. The van der Waals surface area contributed by atoms with Gasteiger partial charge in [-0.25, -0.2) is 16.8 Å². The highest BCUT2D eigenvalue weighted by Crippen LogP contribution is 2.31. The Balaban J connectivity index is 2.54. The first kappa shape index (κ1) is 21.5. The van der Waals surface area contributed by atoms with E-state index in [4.69, 9.17) is 0 Å². The molecule has 0 aliphatic rings. The number of rotatable bonds is 5. The lowest BCUT2D eigenvalue weighted by molar-refractivity contribution is -0.274. The molecule has 0 fully saturated rings. The molecule has 12 heteroatoms. The van der Waals surface area contributed by atoms with Crippen LogP contribution in [0.3, 0.4) is 0 Å². The first-order valence-corrected chi connectivity index (χ1v) is 11.3. The molecule has 1 N–H and O–H groups in total. The number of phenols is 1. The quantitative estimate of drug-likeness (QED) is 0.692. The summed E-state index contributed by atoms with van der Waals surface area (Å²) in [5.74, 6) is -2.27. The van der Waals surface area contributed by atoms with E-state index in [1.165, 1.54) is 6.07 Å². The van der Waals surface area contributed by atoms with Crippen molar-refractivity contribution in [1.82, 2.24) is 0 Å². The third kappa shape index (κ3) is 5.84. The molecule has 0 aliphatic carbocycles. The van der Waals surface area contributed by atoms with E-state index in [0.29, 0.717) is 10.5 Å². The van der Waals surface area contributed by atoms with E-state index in [1.54, 1.807) is 0 Å². The molecule has 27 heavy (non-hydrogen) atoms. The molecule has 0 radical (unpaired) electrons. The third-order valence-electron chi connectivity index (χ3n) is 3.22. The second kappa shape index (κ2) is 7.32. The largest absolute Gasteiger partial charge is 0.573 e. The normalized spacial score (nSPS) is 12.8. The van der Waals surface area contributed by atoms with Crippen LogP contribution in [0, 0.1) is 0 Å². The molecule has 2 rings (SSSR count). The summed E-state index contributed by atoms with van der Waals surface area (Å²) in [6, 6.07) is 6.00. The van der Waals surface area contributed by atoms with Crippen molar-refractivity contribution in [1.29, 1.82) is 0 Å². The lowest BCUT2D eigenvalue weighted by Crippen LogP contribution is -2.18. The summed E-state index contributed by atoms with van der Waals surface area (Å²) in [4.78, 5) is -0.993. The molecule has 0 bridgehead atoms. The second-order valence-electron chi connectivity index (χ2n) is 5.50. The van der Waals surface area contributed by atoms with E-state index in [2.05, 4.69) is 20.7 Å². The van der Waals surface area contributed by atoms with E-state index in [-0.39, 0.29) is 5.56 Å². The Labute approximate surface area is 161 Å². The monoisotopic (exact) mass is 488 g/mol. The summed E-state index contributed by atoms with van der Waals surface area (Å²) in [5, 5.41) is 9.77. The zero-order chi connectivity index (χ0) is 20.6. The Bertz CT molecular complexity index is 1080. The second-order valence-corrected chi connectivity index (χ2v) is 10.4. The summed E-state index contributed by atoms with van der Waals surface area (Å²) in [6.45, 7) is 0. The van der Waals surface area contributed by atoms with Crippen LogP contribution in [0.15, 0.2) is 50.7 Å². The molecule has 0 saturated heterocycles. The summed E-state index contributed by atoms with van der Waals surface area (Å²) in [5.41, 5.74) is -0.253. The van der Waals surface area contributed by atoms with Gasteiger partial charge in [-0.1, -0.05) is 15.9 Å². The highest BCUT2D eigenvalue weighted by molar-refractivity contribution is 9.10. The summed E-state index contributed by atoms with van der Waals surface area (Å²) < 4.78 is 90.0. The van der Waals surface area contributed by atoms with Gasteiger partial charge in [0.05, 0.1) is 10.6 Å². The van der Waals surface area contributed by atoms with Crippen LogP contribution < -0.4 is 4.74 Å². The highest BCUT2D eigenvalue weighted by Gasteiger charge is 2.32. The maximum atomic E-state index is 12.5. The van der Waals surface area contributed by atoms with Gasteiger partial charge in [-0.3, -0.25) is 0 Å². The molecule has 0 unspecified atom stereocenters. The van der Waals surface area contributed by atoms with Crippen molar-refractivity contribution in [3.05, 3.63) is 46.4 Å². The van der Waals surface area contributed by atoms with Crippen molar-refractivity contribution in [2.45, 2.75) is 21.9 Å². The van der Waals surface area contributed by atoms with Gasteiger partial charge in [0.25, 0.3) is 0 Å². The molecule has 2 aromatic rings. The molecule has 0 atom stereocenters. The number of benzene rings is 2. The lowest BCUT2D eigenvalue weighted by Gasteiger charge is -2.13. The Kier molecular flexibility index (Phi) is 5.83. The van der Waals surface area contributed by atoms with Crippen molar-refractivity contribution < 1.29 is 39.9 Å². The molecule has 6 nitrogen and oxygen atoms in total. The van der Waals surface area contributed by atoms with Gasteiger partial charge in [0.15, 0.2) is 19.7 Å². The van der Waals surface area contributed by atoms with Crippen LogP contribution in [-0.2, 0) is 25.4 Å². The van der Waals surface area contributed by atoms with Crippen LogP contribution in [0.4, 0.5) is 13.2 Å². The number of alkyl halides is 3. The number of hydrogen-bond donors (Lipinski definition) is 1. The minimum Gasteiger partial charge on any atom is -0.507 e. The van der Waals surface area contributed by atoms with Crippen LogP contribution in [0.5, 0.6) is 11.5 Å². The molecular formula is C15H12BrF3O6S2. The first-order valence-electron chi connectivity index (χ1n) is 6.98. The van der Waals surface area contributed by atoms with Gasteiger partial charge >= 0.3 is 6.36 Å². The Morgan fingerprint density at radius 3 is 2.26 bits per heavy atom. The molecule has 0 heterocycles. The predicted octanol–water partition coefficient (Wildman–Crippen LogP) is 3.43. The number of sulfone groups is 2.